The van der Waals surface area contributed by atoms with Crippen molar-refractivity contribution in [1.29, 1.82) is 0 Å². The van der Waals surface area contributed by atoms with Crippen LogP contribution in [0.5, 0.6) is 0 Å². The van der Waals surface area contributed by atoms with Gasteiger partial charge in [-0.1, -0.05) is 42.0 Å². The number of carbonyl (C=O) groups is 2. The van der Waals surface area contributed by atoms with Crippen molar-refractivity contribution in [3.05, 3.63) is 70.8 Å². The van der Waals surface area contributed by atoms with Crippen LogP contribution in [-0.4, -0.2) is 24.9 Å². The first-order valence-corrected chi connectivity index (χ1v) is 10.0. The summed E-state index contributed by atoms with van der Waals surface area (Å²) in [4.78, 5) is 24.5. The van der Waals surface area contributed by atoms with Crippen molar-refractivity contribution in [3.63, 3.8) is 0 Å². The third-order valence-electron chi connectivity index (χ3n) is 5.19. The lowest BCUT2D eigenvalue weighted by Gasteiger charge is -2.10. The minimum Gasteiger partial charge on any atom is -0.352 e. The minimum atomic E-state index is -0.109. The molecule has 29 heavy (non-hydrogen) atoms. The molecule has 1 fully saturated rings. The molecule has 1 aliphatic heterocycles. The van der Waals surface area contributed by atoms with Crippen LogP contribution in [0.4, 0.5) is 0 Å². The van der Waals surface area contributed by atoms with Crippen LogP contribution >= 0.6 is 12.4 Å². The number of benzene rings is 2. The van der Waals surface area contributed by atoms with Crippen molar-refractivity contribution in [1.82, 2.24) is 16.0 Å². The molecular formula is C23H30ClN3O2. The molecule has 2 aromatic rings. The lowest BCUT2D eigenvalue weighted by Crippen LogP contribution is -2.25. The van der Waals surface area contributed by atoms with Crippen molar-refractivity contribution in [2.75, 3.05) is 13.1 Å². The highest BCUT2D eigenvalue weighted by atomic mass is 35.5. The maximum atomic E-state index is 12.4. The molecule has 1 saturated heterocycles. The number of amides is 2. The van der Waals surface area contributed by atoms with Crippen LogP contribution in [0.25, 0.3) is 0 Å². The van der Waals surface area contributed by atoms with Crippen LogP contribution in [0.1, 0.15) is 46.3 Å². The Morgan fingerprint density at radius 1 is 1.03 bits per heavy atom. The Balaban J connectivity index is 0.00000300. The number of hydrogen-bond acceptors (Lipinski definition) is 3. The highest BCUT2D eigenvalue weighted by Crippen LogP contribution is 2.14. The second-order valence-corrected chi connectivity index (χ2v) is 7.54. The average molecular weight is 416 g/mol. The summed E-state index contributed by atoms with van der Waals surface area (Å²) >= 11 is 0. The van der Waals surface area contributed by atoms with Crippen LogP contribution in [0.15, 0.2) is 48.5 Å². The Labute approximate surface area is 179 Å². The van der Waals surface area contributed by atoms with Crippen molar-refractivity contribution in [2.24, 2.45) is 5.92 Å². The van der Waals surface area contributed by atoms with E-state index in [9.17, 15) is 9.59 Å². The van der Waals surface area contributed by atoms with Crippen LogP contribution in [0, 0.1) is 12.8 Å². The normalized spacial score (nSPS) is 15.4. The maximum absolute atomic E-state index is 12.4. The van der Waals surface area contributed by atoms with Gasteiger partial charge in [-0.3, -0.25) is 9.59 Å². The van der Waals surface area contributed by atoms with E-state index in [1.54, 1.807) is 6.07 Å². The van der Waals surface area contributed by atoms with Gasteiger partial charge in [0.1, 0.15) is 0 Å². The second-order valence-electron chi connectivity index (χ2n) is 7.54. The van der Waals surface area contributed by atoms with Gasteiger partial charge in [-0.25, -0.2) is 0 Å². The summed E-state index contributed by atoms with van der Waals surface area (Å²) < 4.78 is 0. The van der Waals surface area contributed by atoms with E-state index in [-0.39, 0.29) is 24.2 Å². The summed E-state index contributed by atoms with van der Waals surface area (Å²) in [5.41, 5.74) is 3.80. The van der Waals surface area contributed by atoms with E-state index in [0.29, 0.717) is 31.0 Å². The first kappa shape index (κ1) is 22.9. The number of rotatable bonds is 8. The summed E-state index contributed by atoms with van der Waals surface area (Å²) in [6.45, 7) is 5.06. The highest BCUT2D eigenvalue weighted by Gasteiger charge is 2.15. The van der Waals surface area contributed by atoms with Crippen LogP contribution in [0.2, 0.25) is 0 Å². The zero-order valence-electron chi connectivity index (χ0n) is 16.9. The molecule has 156 valence electrons. The van der Waals surface area contributed by atoms with Gasteiger partial charge < -0.3 is 16.0 Å². The van der Waals surface area contributed by atoms with E-state index in [2.05, 4.69) is 16.0 Å². The van der Waals surface area contributed by atoms with E-state index in [1.165, 1.54) is 5.56 Å². The quantitative estimate of drug-likeness (QED) is 0.619. The summed E-state index contributed by atoms with van der Waals surface area (Å²) in [5.74, 6) is 0.579. The van der Waals surface area contributed by atoms with E-state index in [0.717, 1.165) is 37.1 Å². The molecule has 2 aromatic carbocycles. The van der Waals surface area contributed by atoms with Crippen LogP contribution in [0.3, 0.4) is 0 Å². The van der Waals surface area contributed by atoms with Crippen LogP contribution < -0.4 is 16.0 Å². The number of hydrogen-bond donors (Lipinski definition) is 3. The van der Waals surface area contributed by atoms with Gasteiger partial charge in [0.15, 0.2) is 0 Å². The van der Waals surface area contributed by atoms with Crippen molar-refractivity contribution in [3.8, 4) is 0 Å². The fourth-order valence-electron chi connectivity index (χ4n) is 3.40. The Morgan fingerprint density at radius 2 is 1.79 bits per heavy atom. The molecule has 0 saturated carbocycles. The number of carbonyl (C=O) groups excluding carboxylic acids is 2. The molecule has 1 heterocycles. The first-order valence-electron chi connectivity index (χ1n) is 10.0. The molecule has 3 rings (SSSR count). The van der Waals surface area contributed by atoms with Gasteiger partial charge >= 0.3 is 0 Å². The first-order chi connectivity index (χ1) is 13.6. The molecule has 6 heteroatoms. The van der Waals surface area contributed by atoms with E-state index < -0.39 is 0 Å². The number of aryl methyl sites for hydroxylation is 1. The molecule has 2 amide bonds. The predicted molar refractivity (Wildman–Crippen MR) is 118 cm³/mol. The van der Waals surface area contributed by atoms with Gasteiger partial charge in [0.05, 0.1) is 0 Å². The standard InChI is InChI=1S/C23H29N3O2.ClH/c1-17-5-7-18(8-6-17)15-26-23(28)21-4-2-3-20(13-21)16-25-22(27)10-9-19-11-12-24-14-19;/h2-8,13,19,24H,9-12,14-16H2,1H3,(H,25,27)(H,26,28);1H. The van der Waals surface area contributed by atoms with Gasteiger partial charge in [0.2, 0.25) is 5.91 Å². The molecule has 0 spiro atoms. The Bertz CT molecular complexity index is 802. The largest absolute Gasteiger partial charge is 0.352 e. The van der Waals surface area contributed by atoms with Gasteiger partial charge in [-0.15, -0.1) is 12.4 Å². The zero-order chi connectivity index (χ0) is 19.8. The molecule has 1 aliphatic rings. The Morgan fingerprint density at radius 3 is 2.52 bits per heavy atom. The fourth-order valence-corrected chi connectivity index (χ4v) is 3.40. The molecule has 3 N–H and O–H groups in total. The molecule has 0 radical (unpaired) electrons. The molecule has 0 bridgehead atoms. The Kier molecular flexibility index (Phi) is 9.16. The minimum absolute atomic E-state index is 0. The molecule has 5 nitrogen and oxygen atoms in total. The average Bonchev–Trinajstić information content (AvgIpc) is 3.24. The number of nitrogens with one attached hydrogen (secondary N) is 3. The van der Waals surface area contributed by atoms with Crippen molar-refractivity contribution in [2.45, 2.75) is 39.3 Å². The maximum Gasteiger partial charge on any atom is 0.251 e. The smallest absolute Gasteiger partial charge is 0.251 e. The summed E-state index contributed by atoms with van der Waals surface area (Å²) in [6, 6.07) is 15.5. The number of halogens is 1. The third-order valence-corrected chi connectivity index (χ3v) is 5.19. The highest BCUT2D eigenvalue weighted by molar-refractivity contribution is 5.94. The van der Waals surface area contributed by atoms with Gasteiger partial charge in [-0.2, -0.15) is 0 Å². The lowest BCUT2D eigenvalue weighted by molar-refractivity contribution is -0.121. The second kappa shape index (κ2) is 11.6. The fraction of sp³-hybridized carbons (Fsp3) is 0.391. The summed E-state index contributed by atoms with van der Waals surface area (Å²) in [5, 5.41) is 9.23. The molecule has 1 unspecified atom stereocenters. The SMILES string of the molecule is Cc1ccc(CNC(=O)c2cccc(CNC(=O)CCC3CCNC3)c2)cc1.Cl. The van der Waals surface area contributed by atoms with Crippen molar-refractivity contribution < 1.29 is 9.59 Å². The molecule has 0 aromatic heterocycles. The molecular weight excluding hydrogens is 386 g/mol. The van der Waals surface area contributed by atoms with E-state index in [4.69, 9.17) is 0 Å². The van der Waals surface area contributed by atoms with E-state index >= 15 is 0 Å². The monoisotopic (exact) mass is 415 g/mol. The topological polar surface area (TPSA) is 70.2 Å². The Hall–Kier alpha value is -2.37. The van der Waals surface area contributed by atoms with Gasteiger partial charge in [0, 0.05) is 25.1 Å². The molecule has 0 aliphatic carbocycles. The van der Waals surface area contributed by atoms with Crippen LogP contribution in [-0.2, 0) is 17.9 Å². The summed E-state index contributed by atoms with van der Waals surface area (Å²) in [6.07, 6.45) is 2.65. The van der Waals surface area contributed by atoms with E-state index in [1.807, 2.05) is 49.4 Å². The van der Waals surface area contributed by atoms with Gasteiger partial charge in [-0.05, 0) is 62.0 Å². The zero-order valence-corrected chi connectivity index (χ0v) is 17.7. The molecule has 1 atom stereocenters. The lowest BCUT2D eigenvalue weighted by atomic mass is 10.0. The third kappa shape index (κ3) is 7.52. The predicted octanol–water partition coefficient (Wildman–Crippen LogP) is 3.35. The summed E-state index contributed by atoms with van der Waals surface area (Å²) in [7, 11) is 0. The van der Waals surface area contributed by atoms with Crippen molar-refractivity contribution >= 4 is 24.2 Å². The van der Waals surface area contributed by atoms with Gasteiger partial charge in [0.25, 0.3) is 5.91 Å².